The number of piperidine rings is 1. The molecule has 1 aromatic rings. The van der Waals surface area contributed by atoms with Gasteiger partial charge in [0.05, 0.1) is 6.54 Å². The minimum atomic E-state index is -0.700. The van der Waals surface area contributed by atoms with Crippen molar-refractivity contribution in [2.45, 2.75) is 44.6 Å². The number of amides is 1. The Bertz CT molecular complexity index is 552. The van der Waals surface area contributed by atoms with Gasteiger partial charge in [0.25, 0.3) is 5.91 Å². The second kappa shape index (κ2) is 9.41. The van der Waals surface area contributed by atoms with E-state index in [-0.39, 0.29) is 23.7 Å². The fraction of sp³-hybridized carbons (Fsp3) is 0.632. The minimum Gasteiger partial charge on any atom is -0.491 e. The van der Waals surface area contributed by atoms with Crippen LogP contribution in [0.15, 0.2) is 24.3 Å². The number of carbonyl (C=O) groups excluding carboxylic acids is 1. The molecule has 0 aromatic heterocycles. The van der Waals surface area contributed by atoms with E-state index in [1.807, 2.05) is 18.2 Å². The number of carbonyl (C=O) groups is 1. The van der Waals surface area contributed by atoms with E-state index in [0.29, 0.717) is 26.0 Å². The zero-order valence-corrected chi connectivity index (χ0v) is 16.5. The van der Waals surface area contributed by atoms with E-state index in [4.69, 9.17) is 9.47 Å². The normalized spacial score (nSPS) is 16.6. The molecule has 6 heteroatoms. The van der Waals surface area contributed by atoms with E-state index < -0.39 is 5.60 Å². The molecule has 2 N–H and O–H groups in total. The highest BCUT2D eigenvalue weighted by Crippen LogP contribution is 2.30. The van der Waals surface area contributed by atoms with Crippen molar-refractivity contribution in [3.8, 4) is 5.75 Å². The summed E-state index contributed by atoms with van der Waals surface area (Å²) in [6.45, 7) is 9.00. The quantitative estimate of drug-likeness (QED) is 0.756. The van der Waals surface area contributed by atoms with E-state index in [1.165, 1.54) is 5.56 Å². The van der Waals surface area contributed by atoms with Gasteiger partial charge in [-0.2, -0.15) is 0 Å². The molecule has 1 heterocycles. The Morgan fingerprint density at radius 2 is 1.88 bits per heavy atom. The number of hydrogen-bond donors (Lipinski definition) is 2. The van der Waals surface area contributed by atoms with Gasteiger partial charge in [0.2, 0.25) is 0 Å². The number of nitrogens with one attached hydrogen (secondary N) is 2. The molecule has 5 nitrogen and oxygen atoms in total. The zero-order valence-electron chi connectivity index (χ0n) is 15.7. The van der Waals surface area contributed by atoms with Crippen LogP contribution in [0.1, 0.15) is 39.2 Å². The Morgan fingerprint density at radius 3 is 2.48 bits per heavy atom. The van der Waals surface area contributed by atoms with Crippen LogP contribution in [-0.4, -0.2) is 44.9 Å². The van der Waals surface area contributed by atoms with Gasteiger partial charge in [-0.1, -0.05) is 39.0 Å². The van der Waals surface area contributed by atoms with Crippen molar-refractivity contribution in [2.24, 2.45) is 0 Å². The van der Waals surface area contributed by atoms with E-state index in [0.717, 1.165) is 18.8 Å². The second-order valence-electron chi connectivity index (χ2n) is 7.30. The van der Waals surface area contributed by atoms with Gasteiger partial charge in [0.15, 0.2) is 0 Å². The van der Waals surface area contributed by atoms with Gasteiger partial charge in [-0.15, -0.1) is 12.4 Å². The largest absolute Gasteiger partial charge is 0.491 e. The topological polar surface area (TPSA) is 59.6 Å². The molecule has 0 unspecified atom stereocenters. The number of methoxy groups -OCH3 is 1. The van der Waals surface area contributed by atoms with Crippen molar-refractivity contribution < 1.29 is 14.3 Å². The smallest absolute Gasteiger partial charge is 0.252 e. The molecule has 1 aromatic carbocycles. The number of halogens is 1. The summed E-state index contributed by atoms with van der Waals surface area (Å²) in [5, 5.41) is 6.21. The molecular weight excluding hydrogens is 340 g/mol. The number of rotatable bonds is 6. The summed E-state index contributed by atoms with van der Waals surface area (Å²) in [4.78, 5) is 12.5. The van der Waals surface area contributed by atoms with Crippen LogP contribution in [0, 0.1) is 0 Å². The van der Waals surface area contributed by atoms with E-state index in [2.05, 4.69) is 37.5 Å². The Kier molecular flexibility index (Phi) is 8.19. The average Bonchev–Trinajstić information content (AvgIpc) is 2.58. The van der Waals surface area contributed by atoms with E-state index in [1.54, 1.807) is 7.11 Å². The monoisotopic (exact) mass is 370 g/mol. The first kappa shape index (κ1) is 21.7. The molecule has 1 amide bonds. The number of hydrogen-bond acceptors (Lipinski definition) is 4. The van der Waals surface area contributed by atoms with Crippen LogP contribution in [0.5, 0.6) is 5.75 Å². The van der Waals surface area contributed by atoms with Crippen LogP contribution in [0.25, 0.3) is 0 Å². The molecule has 0 saturated carbocycles. The molecule has 1 aliphatic rings. The van der Waals surface area contributed by atoms with Crippen molar-refractivity contribution in [3.05, 3.63) is 29.8 Å². The van der Waals surface area contributed by atoms with Crippen molar-refractivity contribution in [1.29, 1.82) is 0 Å². The van der Waals surface area contributed by atoms with Crippen LogP contribution in [-0.2, 0) is 14.9 Å². The fourth-order valence-electron chi connectivity index (χ4n) is 3.05. The molecule has 0 radical (unpaired) electrons. The first-order chi connectivity index (χ1) is 11.4. The highest BCUT2D eigenvalue weighted by Gasteiger charge is 2.39. The zero-order chi connectivity index (χ0) is 17.6. The lowest BCUT2D eigenvalue weighted by Crippen LogP contribution is -2.54. The highest BCUT2D eigenvalue weighted by atomic mass is 35.5. The molecule has 25 heavy (non-hydrogen) atoms. The summed E-state index contributed by atoms with van der Waals surface area (Å²) in [5.74, 6) is 0.835. The fourth-order valence-corrected chi connectivity index (χ4v) is 3.05. The maximum absolute atomic E-state index is 12.5. The standard InChI is InChI=1S/C19H30N2O3.ClH/c1-18(2,3)15-7-5-6-8-16(15)24-14-13-21-17(22)19(23-4)9-11-20-12-10-19;/h5-8,20H,9-14H2,1-4H3,(H,21,22);1H. The number of para-hydroxylation sites is 1. The molecule has 0 bridgehead atoms. The Balaban J connectivity index is 0.00000312. The van der Waals surface area contributed by atoms with Gasteiger partial charge in [0, 0.05) is 7.11 Å². The van der Waals surface area contributed by atoms with Gasteiger partial charge in [0.1, 0.15) is 18.0 Å². The van der Waals surface area contributed by atoms with Gasteiger partial charge in [-0.25, -0.2) is 0 Å². The van der Waals surface area contributed by atoms with Gasteiger partial charge < -0.3 is 20.1 Å². The summed E-state index contributed by atoms with van der Waals surface area (Å²) in [5.41, 5.74) is 0.493. The highest BCUT2D eigenvalue weighted by molar-refractivity contribution is 5.85. The van der Waals surface area contributed by atoms with Crippen LogP contribution in [0.2, 0.25) is 0 Å². The lowest BCUT2D eigenvalue weighted by molar-refractivity contribution is -0.146. The van der Waals surface area contributed by atoms with Crippen LogP contribution in [0.3, 0.4) is 0 Å². The molecule has 2 rings (SSSR count). The summed E-state index contributed by atoms with van der Waals surface area (Å²) in [6.07, 6.45) is 1.39. The molecule has 0 spiro atoms. The minimum absolute atomic E-state index is 0. The number of ether oxygens (including phenoxy) is 2. The van der Waals surface area contributed by atoms with Crippen molar-refractivity contribution in [1.82, 2.24) is 10.6 Å². The maximum atomic E-state index is 12.5. The van der Waals surface area contributed by atoms with Crippen molar-refractivity contribution >= 4 is 18.3 Å². The maximum Gasteiger partial charge on any atom is 0.252 e. The molecule has 0 atom stereocenters. The third-order valence-electron chi connectivity index (χ3n) is 4.56. The molecule has 1 saturated heterocycles. The SMILES string of the molecule is COC1(C(=O)NCCOc2ccccc2C(C)(C)C)CCNCC1.Cl. The lowest BCUT2D eigenvalue weighted by Gasteiger charge is -2.34. The van der Waals surface area contributed by atoms with Crippen molar-refractivity contribution in [3.63, 3.8) is 0 Å². The first-order valence-corrected chi connectivity index (χ1v) is 8.65. The molecule has 142 valence electrons. The van der Waals surface area contributed by atoms with Gasteiger partial charge in [-0.05, 0) is 43.0 Å². The average molecular weight is 371 g/mol. The summed E-state index contributed by atoms with van der Waals surface area (Å²) in [6, 6.07) is 8.06. The molecule has 0 aliphatic carbocycles. The van der Waals surface area contributed by atoms with Gasteiger partial charge in [-0.3, -0.25) is 4.79 Å². The third-order valence-corrected chi connectivity index (χ3v) is 4.56. The van der Waals surface area contributed by atoms with Gasteiger partial charge >= 0.3 is 0 Å². The van der Waals surface area contributed by atoms with Crippen molar-refractivity contribution in [2.75, 3.05) is 33.4 Å². The Labute approximate surface area is 157 Å². The van der Waals surface area contributed by atoms with Crippen LogP contribution in [0.4, 0.5) is 0 Å². The predicted octanol–water partition coefficient (Wildman–Crippen LogP) is 2.67. The first-order valence-electron chi connectivity index (χ1n) is 8.65. The predicted molar refractivity (Wildman–Crippen MR) is 103 cm³/mol. The molecule has 1 fully saturated rings. The van der Waals surface area contributed by atoms with Crippen LogP contribution < -0.4 is 15.4 Å². The Hall–Kier alpha value is -1.30. The third kappa shape index (κ3) is 5.59. The summed E-state index contributed by atoms with van der Waals surface area (Å²) in [7, 11) is 1.61. The van der Waals surface area contributed by atoms with E-state index >= 15 is 0 Å². The summed E-state index contributed by atoms with van der Waals surface area (Å²) < 4.78 is 11.4. The molecular formula is C19H31ClN2O3. The lowest BCUT2D eigenvalue weighted by atomic mass is 9.86. The van der Waals surface area contributed by atoms with Crippen LogP contribution >= 0.6 is 12.4 Å². The molecule has 1 aliphatic heterocycles. The summed E-state index contributed by atoms with van der Waals surface area (Å²) >= 11 is 0. The Morgan fingerprint density at radius 1 is 1.24 bits per heavy atom. The second-order valence-corrected chi connectivity index (χ2v) is 7.30. The van der Waals surface area contributed by atoms with E-state index in [9.17, 15) is 4.79 Å². The number of benzene rings is 1.